The Labute approximate surface area is 155 Å². The number of hydrogen-bond donors (Lipinski definition) is 1. The van der Waals surface area contributed by atoms with Crippen LogP contribution in [0, 0.1) is 6.92 Å². The van der Waals surface area contributed by atoms with Gasteiger partial charge in [0.1, 0.15) is 5.56 Å². The third-order valence-electron chi connectivity index (χ3n) is 4.95. The van der Waals surface area contributed by atoms with Gasteiger partial charge in [0.05, 0.1) is 25.0 Å². The SMILES string of the molecule is Cc1cnc2c(C(=O)N3CCn4nc(C(=O)NC5CC5)cc4C3)cnn2c1. The van der Waals surface area contributed by atoms with E-state index in [0.717, 1.165) is 24.1 Å². The quantitative estimate of drug-likeness (QED) is 0.740. The number of aryl methyl sites for hydroxylation is 1. The molecule has 0 aromatic carbocycles. The molecule has 2 aliphatic rings. The predicted molar refractivity (Wildman–Crippen MR) is 95.2 cm³/mol. The van der Waals surface area contributed by atoms with Crippen molar-refractivity contribution in [1.29, 1.82) is 0 Å². The van der Waals surface area contributed by atoms with Gasteiger partial charge in [-0.1, -0.05) is 0 Å². The van der Waals surface area contributed by atoms with Crippen molar-refractivity contribution in [3.05, 3.63) is 47.2 Å². The highest BCUT2D eigenvalue weighted by molar-refractivity contribution is 5.99. The minimum atomic E-state index is -0.139. The fraction of sp³-hybridized carbons (Fsp3) is 0.389. The maximum atomic E-state index is 13.0. The molecule has 2 amide bonds. The van der Waals surface area contributed by atoms with Crippen LogP contribution in [0.3, 0.4) is 0 Å². The van der Waals surface area contributed by atoms with Crippen LogP contribution >= 0.6 is 0 Å². The summed E-state index contributed by atoms with van der Waals surface area (Å²) in [7, 11) is 0. The van der Waals surface area contributed by atoms with Gasteiger partial charge in [0.15, 0.2) is 11.3 Å². The summed E-state index contributed by atoms with van der Waals surface area (Å²) in [5.41, 5.74) is 3.28. The molecule has 3 aromatic heterocycles. The summed E-state index contributed by atoms with van der Waals surface area (Å²) in [4.78, 5) is 31.3. The molecule has 9 heteroatoms. The molecule has 138 valence electrons. The van der Waals surface area contributed by atoms with Crippen LogP contribution in [-0.2, 0) is 13.1 Å². The van der Waals surface area contributed by atoms with Gasteiger partial charge in [-0.15, -0.1) is 0 Å². The molecule has 27 heavy (non-hydrogen) atoms. The lowest BCUT2D eigenvalue weighted by atomic mass is 10.2. The Kier molecular flexibility index (Phi) is 3.49. The lowest BCUT2D eigenvalue weighted by Gasteiger charge is -2.27. The zero-order valence-electron chi connectivity index (χ0n) is 14.9. The lowest BCUT2D eigenvalue weighted by Crippen LogP contribution is -2.38. The van der Waals surface area contributed by atoms with E-state index in [1.165, 1.54) is 0 Å². The Morgan fingerprint density at radius 1 is 1.22 bits per heavy atom. The molecule has 0 atom stereocenters. The van der Waals surface area contributed by atoms with E-state index in [4.69, 9.17) is 0 Å². The fourth-order valence-electron chi connectivity index (χ4n) is 3.33. The summed E-state index contributed by atoms with van der Waals surface area (Å²) in [6.45, 7) is 3.42. The summed E-state index contributed by atoms with van der Waals surface area (Å²) < 4.78 is 3.43. The van der Waals surface area contributed by atoms with Gasteiger partial charge in [-0.3, -0.25) is 14.3 Å². The topological polar surface area (TPSA) is 97.4 Å². The average molecular weight is 365 g/mol. The van der Waals surface area contributed by atoms with Crippen LogP contribution in [0.25, 0.3) is 5.65 Å². The predicted octanol–water partition coefficient (Wildman–Crippen LogP) is 0.782. The van der Waals surface area contributed by atoms with Crippen molar-refractivity contribution in [3.63, 3.8) is 0 Å². The zero-order valence-corrected chi connectivity index (χ0v) is 14.9. The molecule has 0 bridgehead atoms. The highest BCUT2D eigenvalue weighted by Gasteiger charge is 2.29. The van der Waals surface area contributed by atoms with Crippen molar-refractivity contribution in [1.82, 2.24) is 34.6 Å². The van der Waals surface area contributed by atoms with Gasteiger partial charge in [0.2, 0.25) is 0 Å². The fourth-order valence-corrected chi connectivity index (χ4v) is 3.33. The van der Waals surface area contributed by atoms with Gasteiger partial charge >= 0.3 is 0 Å². The summed E-state index contributed by atoms with van der Waals surface area (Å²) in [5.74, 6) is -0.253. The smallest absolute Gasteiger partial charge is 0.272 e. The van der Waals surface area contributed by atoms with Gasteiger partial charge in [0.25, 0.3) is 11.8 Å². The van der Waals surface area contributed by atoms with Crippen LogP contribution in [-0.4, -0.2) is 53.7 Å². The van der Waals surface area contributed by atoms with Crippen molar-refractivity contribution in [2.45, 2.75) is 38.9 Å². The van der Waals surface area contributed by atoms with E-state index in [0.29, 0.717) is 42.6 Å². The number of carbonyl (C=O) groups excluding carboxylic acids is 2. The Balaban J connectivity index is 1.37. The molecule has 9 nitrogen and oxygen atoms in total. The minimum absolute atomic E-state index is 0.113. The number of amides is 2. The minimum Gasteiger partial charge on any atom is -0.348 e. The van der Waals surface area contributed by atoms with E-state index in [9.17, 15) is 9.59 Å². The molecule has 0 radical (unpaired) electrons. The van der Waals surface area contributed by atoms with Crippen LogP contribution < -0.4 is 5.32 Å². The maximum Gasteiger partial charge on any atom is 0.272 e. The van der Waals surface area contributed by atoms with E-state index < -0.39 is 0 Å². The van der Waals surface area contributed by atoms with Crippen LogP contribution in [0.15, 0.2) is 24.7 Å². The molecular formula is C18H19N7O2. The van der Waals surface area contributed by atoms with Crippen molar-refractivity contribution >= 4 is 17.5 Å². The molecule has 0 saturated heterocycles. The second-order valence-corrected chi connectivity index (χ2v) is 7.18. The molecule has 1 N–H and O–H groups in total. The molecule has 4 heterocycles. The molecule has 0 unspecified atom stereocenters. The second-order valence-electron chi connectivity index (χ2n) is 7.18. The largest absolute Gasteiger partial charge is 0.348 e. The lowest BCUT2D eigenvalue weighted by molar-refractivity contribution is 0.0707. The molecule has 0 spiro atoms. The maximum absolute atomic E-state index is 13.0. The third-order valence-corrected chi connectivity index (χ3v) is 4.95. The van der Waals surface area contributed by atoms with E-state index >= 15 is 0 Å². The Bertz CT molecular complexity index is 1060. The van der Waals surface area contributed by atoms with Crippen molar-refractivity contribution in [2.24, 2.45) is 0 Å². The molecule has 1 fully saturated rings. The number of rotatable bonds is 3. The first kappa shape index (κ1) is 16.0. The van der Waals surface area contributed by atoms with E-state index in [2.05, 4.69) is 20.5 Å². The molecular weight excluding hydrogens is 346 g/mol. The third kappa shape index (κ3) is 2.84. The van der Waals surface area contributed by atoms with E-state index in [1.807, 2.05) is 17.8 Å². The van der Waals surface area contributed by atoms with E-state index in [1.54, 1.807) is 27.9 Å². The van der Waals surface area contributed by atoms with Gasteiger partial charge in [-0.05, 0) is 31.4 Å². The molecule has 1 aliphatic heterocycles. The number of fused-ring (bicyclic) bond motifs is 2. The average Bonchev–Trinajstić information content (AvgIpc) is 3.21. The van der Waals surface area contributed by atoms with Gasteiger partial charge in [-0.25, -0.2) is 9.50 Å². The van der Waals surface area contributed by atoms with Gasteiger partial charge in [0, 0.05) is 25.0 Å². The van der Waals surface area contributed by atoms with Crippen LogP contribution in [0.5, 0.6) is 0 Å². The summed E-state index contributed by atoms with van der Waals surface area (Å²) >= 11 is 0. The molecule has 3 aromatic rings. The Morgan fingerprint density at radius 2 is 2.07 bits per heavy atom. The molecule has 1 saturated carbocycles. The van der Waals surface area contributed by atoms with Crippen molar-refractivity contribution in [3.8, 4) is 0 Å². The zero-order chi connectivity index (χ0) is 18.5. The number of carbonyl (C=O) groups is 2. The normalized spacial score (nSPS) is 16.4. The van der Waals surface area contributed by atoms with Crippen LogP contribution in [0.1, 0.15) is 44.9 Å². The Hall–Kier alpha value is -3.23. The van der Waals surface area contributed by atoms with Crippen molar-refractivity contribution in [2.75, 3.05) is 6.54 Å². The van der Waals surface area contributed by atoms with Crippen LogP contribution in [0.4, 0.5) is 0 Å². The standard InChI is InChI=1S/C18H19N7O2/c1-11-7-19-16-14(8-20-25(16)9-11)18(27)23-4-5-24-13(10-23)6-15(22-24)17(26)21-12-2-3-12/h6-9,12H,2-5,10H2,1H3,(H,21,26). The number of nitrogens with zero attached hydrogens (tertiary/aromatic N) is 6. The number of nitrogens with one attached hydrogen (secondary N) is 1. The van der Waals surface area contributed by atoms with Gasteiger partial charge < -0.3 is 10.2 Å². The second kappa shape index (κ2) is 5.90. The summed E-state index contributed by atoms with van der Waals surface area (Å²) in [6.07, 6.45) is 7.20. The highest BCUT2D eigenvalue weighted by atomic mass is 16.2. The summed E-state index contributed by atoms with van der Waals surface area (Å²) in [6, 6.07) is 2.07. The molecule has 5 rings (SSSR count). The first-order chi connectivity index (χ1) is 13.1. The number of aromatic nitrogens is 5. The van der Waals surface area contributed by atoms with Crippen molar-refractivity contribution < 1.29 is 9.59 Å². The molecule has 1 aliphatic carbocycles. The Morgan fingerprint density at radius 3 is 2.89 bits per heavy atom. The highest BCUT2D eigenvalue weighted by Crippen LogP contribution is 2.21. The van der Waals surface area contributed by atoms with E-state index in [-0.39, 0.29) is 11.8 Å². The number of hydrogen-bond acceptors (Lipinski definition) is 5. The van der Waals surface area contributed by atoms with Gasteiger partial charge in [-0.2, -0.15) is 10.2 Å². The summed E-state index contributed by atoms with van der Waals surface area (Å²) in [5, 5.41) is 11.6. The first-order valence-electron chi connectivity index (χ1n) is 9.05. The monoisotopic (exact) mass is 365 g/mol. The van der Waals surface area contributed by atoms with Crippen LogP contribution in [0.2, 0.25) is 0 Å². The first-order valence-corrected chi connectivity index (χ1v) is 9.05.